The van der Waals surface area contributed by atoms with E-state index in [1.54, 1.807) is 0 Å². The van der Waals surface area contributed by atoms with Crippen LogP contribution >= 0.6 is 0 Å². The summed E-state index contributed by atoms with van der Waals surface area (Å²) in [6.07, 6.45) is 12.0. The molecule has 1 saturated heterocycles. The van der Waals surface area contributed by atoms with Crippen molar-refractivity contribution in [3.05, 3.63) is 12.2 Å². The van der Waals surface area contributed by atoms with E-state index in [2.05, 4.69) is 22.4 Å². The molecule has 4 rings (SSSR count). The lowest BCUT2D eigenvalue weighted by Gasteiger charge is -2.44. The van der Waals surface area contributed by atoms with E-state index in [0.29, 0.717) is 17.9 Å². The Morgan fingerprint density at radius 2 is 1.95 bits per heavy atom. The highest BCUT2D eigenvalue weighted by atomic mass is 16.2. The van der Waals surface area contributed by atoms with Crippen LogP contribution in [0, 0.1) is 17.8 Å². The van der Waals surface area contributed by atoms with Crippen LogP contribution in [0.25, 0.3) is 0 Å². The predicted molar refractivity (Wildman–Crippen MR) is 74.6 cm³/mol. The number of hydrogen-bond acceptors (Lipinski definition) is 2. The van der Waals surface area contributed by atoms with Gasteiger partial charge < -0.3 is 10.2 Å². The molecule has 3 heteroatoms. The molecule has 4 aliphatic rings. The second kappa shape index (κ2) is 4.62. The van der Waals surface area contributed by atoms with Crippen molar-refractivity contribution in [3.8, 4) is 0 Å². The molecule has 1 heterocycles. The van der Waals surface area contributed by atoms with E-state index in [1.165, 1.54) is 12.8 Å². The molecule has 1 amide bonds. The van der Waals surface area contributed by atoms with Crippen LogP contribution in [0.5, 0.6) is 0 Å². The Hall–Kier alpha value is -0.830. The summed E-state index contributed by atoms with van der Waals surface area (Å²) in [7, 11) is 0. The minimum Gasteiger partial charge on any atom is -0.342 e. The van der Waals surface area contributed by atoms with Gasteiger partial charge in [0.15, 0.2) is 0 Å². The van der Waals surface area contributed by atoms with Gasteiger partial charge in [-0.2, -0.15) is 0 Å². The Morgan fingerprint density at radius 1 is 1.16 bits per heavy atom. The maximum absolute atomic E-state index is 12.0. The summed E-state index contributed by atoms with van der Waals surface area (Å²) < 4.78 is 0. The van der Waals surface area contributed by atoms with E-state index in [9.17, 15) is 4.79 Å². The minimum absolute atomic E-state index is 0.389. The average molecular weight is 260 g/mol. The molecule has 0 aromatic carbocycles. The number of piperidine rings is 1. The lowest BCUT2D eigenvalue weighted by Crippen LogP contribution is -2.54. The van der Waals surface area contributed by atoms with Gasteiger partial charge in [0.1, 0.15) is 0 Å². The molecule has 19 heavy (non-hydrogen) atoms. The fraction of sp³-hybridized carbons (Fsp3) is 0.812. The SMILES string of the molecule is O=C(C1CC1)N1CCC(NC2CC3CC=CC32)CC1. The van der Waals surface area contributed by atoms with E-state index in [1.807, 2.05) is 0 Å². The Kier molecular flexibility index (Phi) is 2.91. The molecule has 3 unspecified atom stereocenters. The van der Waals surface area contributed by atoms with Crippen LogP contribution in [-0.4, -0.2) is 36.0 Å². The monoisotopic (exact) mass is 260 g/mol. The third-order valence-corrected chi connectivity index (χ3v) is 5.55. The average Bonchev–Trinajstić information content (AvgIpc) is 3.20. The number of fused-ring (bicyclic) bond motifs is 1. The standard InChI is InChI=1S/C16H24N2O/c19-16(11-4-5-11)18-8-6-13(7-9-18)17-15-10-12-2-1-3-14(12)15/h1,3,11-15,17H,2,4-10H2. The third kappa shape index (κ3) is 2.22. The second-order valence-corrected chi connectivity index (χ2v) is 6.88. The van der Waals surface area contributed by atoms with Crippen molar-refractivity contribution in [2.24, 2.45) is 17.8 Å². The Labute approximate surface area is 115 Å². The molecule has 0 spiro atoms. The van der Waals surface area contributed by atoms with Crippen molar-refractivity contribution in [2.45, 2.75) is 50.6 Å². The van der Waals surface area contributed by atoms with Crippen molar-refractivity contribution in [1.82, 2.24) is 10.2 Å². The fourth-order valence-electron chi connectivity index (χ4n) is 4.07. The molecule has 104 valence electrons. The molecular formula is C16H24N2O. The molecule has 0 aromatic heterocycles. The van der Waals surface area contributed by atoms with Crippen molar-refractivity contribution < 1.29 is 4.79 Å². The third-order valence-electron chi connectivity index (χ3n) is 5.55. The maximum atomic E-state index is 12.0. The number of nitrogens with zero attached hydrogens (tertiary/aromatic N) is 1. The first-order valence-corrected chi connectivity index (χ1v) is 8.03. The van der Waals surface area contributed by atoms with Crippen LogP contribution in [0.3, 0.4) is 0 Å². The minimum atomic E-state index is 0.389. The van der Waals surface area contributed by atoms with Gasteiger partial charge in [0.2, 0.25) is 5.91 Å². The van der Waals surface area contributed by atoms with Gasteiger partial charge in [0.25, 0.3) is 0 Å². The van der Waals surface area contributed by atoms with Crippen LogP contribution in [0.1, 0.15) is 38.5 Å². The summed E-state index contributed by atoms with van der Waals surface area (Å²) in [6.45, 7) is 1.95. The number of nitrogens with one attached hydrogen (secondary N) is 1. The normalized spacial score (nSPS) is 38.1. The van der Waals surface area contributed by atoms with Crippen molar-refractivity contribution in [2.75, 3.05) is 13.1 Å². The quantitative estimate of drug-likeness (QED) is 0.787. The first-order chi connectivity index (χ1) is 9.31. The van der Waals surface area contributed by atoms with Crippen LogP contribution in [0.4, 0.5) is 0 Å². The Bertz CT molecular complexity index is 394. The van der Waals surface area contributed by atoms with Crippen LogP contribution in [0.15, 0.2) is 12.2 Å². The zero-order chi connectivity index (χ0) is 12.8. The lowest BCUT2D eigenvalue weighted by atomic mass is 9.71. The number of allylic oxidation sites excluding steroid dienone is 1. The maximum Gasteiger partial charge on any atom is 0.225 e. The van der Waals surface area contributed by atoms with Crippen LogP contribution in [0.2, 0.25) is 0 Å². The molecule has 0 aromatic rings. The van der Waals surface area contributed by atoms with Gasteiger partial charge >= 0.3 is 0 Å². The second-order valence-electron chi connectivity index (χ2n) is 6.88. The highest BCUT2D eigenvalue weighted by molar-refractivity contribution is 5.81. The van der Waals surface area contributed by atoms with Gasteiger partial charge in [-0.15, -0.1) is 0 Å². The lowest BCUT2D eigenvalue weighted by molar-refractivity contribution is -0.133. The Morgan fingerprint density at radius 3 is 2.63 bits per heavy atom. The summed E-state index contributed by atoms with van der Waals surface area (Å²) in [6, 6.07) is 1.36. The Balaban J connectivity index is 1.24. The summed E-state index contributed by atoms with van der Waals surface area (Å²) in [5, 5.41) is 3.84. The van der Waals surface area contributed by atoms with Crippen LogP contribution < -0.4 is 5.32 Å². The molecule has 1 N–H and O–H groups in total. The number of amides is 1. The van der Waals surface area contributed by atoms with Gasteiger partial charge in [-0.1, -0.05) is 12.2 Å². The molecule has 0 bridgehead atoms. The van der Waals surface area contributed by atoms with E-state index >= 15 is 0 Å². The van der Waals surface area contributed by atoms with E-state index < -0.39 is 0 Å². The smallest absolute Gasteiger partial charge is 0.225 e. The first-order valence-electron chi connectivity index (χ1n) is 8.03. The van der Waals surface area contributed by atoms with Gasteiger partial charge in [0.05, 0.1) is 0 Å². The van der Waals surface area contributed by atoms with E-state index in [4.69, 9.17) is 0 Å². The summed E-state index contributed by atoms with van der Waals surface area (Å²) in [4.78, 5) is 14.1. The molecule has 3 aliphatic carbocycles. The van der Waals surface area contributed by atoms with E-state index in [0.717, 1.165) is 56.7 Å². The number of carbonyl (C=O) groups excluding carboxylic acids is 1. The zero-order valence-corrected chi connectivity index (χ0v) is 11.6. The number of rotatable bonds is 3. The topological polar surface area (TPSA) is 32.3 Å². The molecule has 0 radical (unpaired) electrons. The molecule has 1 aliphatic heterocycles. The molecule has 3 atom stereocenters. The molecule has 3 fully saturated rings. The molecule has 2 saturated carbocycles. The van der Waals surface area contributed by atoms with Crippen molar-refractivity contribution in [1.29, 1.82) is 0 Å². The van der Waals surface area contributed by atoms with Gasteiger partial charge in [0, 0.05) is 31.1 Å². The number of hydrogen-bond donors (Lipinski definition) is 1. The predicted octanol–water partition coefficient (Wildman–Crippen LogP) is 1.94. The molecular weight excluding hydrogens is 236 g/mol. The van der Waals surface area contributed by atoms with Gasteiger partial charge in [-0.25, -0.2) is 0 Å². The summed E-state index contributed by atoms with van der Waals surface area (Å²) in [5.74, 6) is 2.57. The zero-order valence-electron chi connectivity index (χ0n) is 11.6. The highest BCUT2D eigenvalue weighted by Gasteiger charge is 2.42. The van der Waals surface area contributed by atoms with Crippen molar-refractivity contribution in [3.63, 3.8) is 0 Å². The fourth-order valence-corrected chi connectivity index (χ4v) is 4.07. The largest absolute Gasteiger partial charge is 0.342 e. The highest BCUT2D eigenvalue weighted by Crippen LogP contribution is 2.43. The van der Waals surface area contributed by atoms with Gasteiger partial charge in [-0.05, 0) is 50.4 Å². The van der Waals surface area contributed by atoms with Gasteiger partial charge in [-0.3, -0.25) is 4.79 Å². The summed E-state index contributed by atoms with van der Waals surface area (Å²) >= 11 is 0. The van der Waals surface area contributed by atoms with E-state index in [-0.39, 0.29) is 0 Å². The number of carbonyl (C=O) groups is 1. The van der Waals surface area contributed by atoms with Crippen LogP contribution in [-0.2, 0) is 4.79 Å². The van der Waals surface area contributed by atoms with Crippen molar-refractivity contribution >= 4 is 5.91 Å². The number of likely N-dealkylation sites (tertiary alicyclic amines) is 1. The first kappa shape index (κ1) is 12.0. The molecule has 3 nitrogen and oxygen atoms in total. The summed E-state index contributed by atoms with van der Waals surface area (Å²) in [5.41, 5.74) is 0.